The SMILES string of the molecule is Cc1ccc(N([C@H](C)C(=O)N[C@H]2C[C@H]3CC[C@H]2C3)S(C)(=O)=O)cc1. The van der Waals surface area contributed by atoms with E-state index in [4.69, 9.17) is 0 Å². The number of hydrogen-bond donors (Lipinski definition) is 1. The molecule has 1 aromatic carbocycles. The van der Waals surface area contributed by atoms with E-state index in [1.54, 1.807) is 19.1 Å². The highest BCUT2D eigenvalue weighted by atomic mass is 32.2. The number of nitrogens with zero attached hydrogens (tertiary/aromatic N) is 1. The number of amides is 1. The number of sulfonamides is 1. The number of benzene rings is 1. The maximum atomic E-state index is 12.7. The van der Waals surface area contributed by atoms with Gasteiger partial charge in [0.25, 0.3) is 0 Å². The molecule has 2 saturated carbocycles. The fourth-order valence-corrected chi connectivity index (χ4v) is 5.40. The van der Waals surface area contributed by atoms with Crippen LogP contribution in [0.5, 0.6) is 0 Å². The zero-order valence-electron chi connectivity index (χ0n) is 14.5. The van der Waals surface area contributed by atoms with Gasteiger partial charge < -0.3 is 5.32 Å². The maximum Gasteiger partial charge on any atom is 0.243 e. The van der Waals surface area contributed by atoms with Gasteiger partial charge in [-0.1, -0.05) is 24.1 Å². The van der Waals surface area contributed by atoms with Crippen molar-refractivity contribution in [3.05, 3.63) is 29.8 Å². The van der Waals surface area contributed by atoms with Crippen molar-refractivity contribution in [3.63, 3.8) is 0 Å². The molecule has 2 fully saturated rings. The molecule has 0 spiro atoms. The van der Waals surface area contributed by atoms with E-state index in [9.17, 15) is 13.2 Å². The second-order valence-electron chi connectivity index (χ2n) is 7.36. The number of rotatable bonds is 5. The van der Waals surface area contributed by atoms with Gasteiger partial charge in [-0.3, -0.25) is 9.10 Å². The summed E-state index contributed by atoms with van der Waals surface area (Å²) in [5, 5.41) is 3.10. The lowest BCUT2D eigenvalue weighted by Crippen LogP contribution is -2.51. The molecule has 1 N–H and O–H groups in total. The van der Waals surface area contributed by atoms with E-state index < -0.39 is 16.1 Å². The van der Waals surface area contributed by atoms with Gasteiger partial charge in [-0.15, -0.1) is 0 Å². The summed E-state index contributed by atoms with van der Waals surface area (Å²) in [4.78, 5) is 12.7. The molecule has 0 heterocycles. The summed E-state index contributed by atoms with van der Waals surface area (Å²) in [5.74, 6) is 1.09. The molecule has 2 aliphatic carbocycles. The lowest BCUT2D eigenvalue weighted by Gasteiger charge is -2.31. The molecule has 0 unspecified atom stereocenters. The van der Waals surface area contributed by atoms with Gasteiger partial charge in [0.1, 0.15) is 6.04 Å². The molecule has 4 atom stereocenters. The first kappa shape index (κ1) is 17.3. The number of carbonyl (C=O) groups excluding carboxylic acids is 1. The Morgan fingerprint density at radius 3 is 2.38 bits per heavy atom. The lowest BCUT2D eigenvalue weighted by molar-refractivity contribution is -0.122. The molecule has 3 rings (SSSR count). The van der Waals surface area contributed by atoms with Crippen LogP contribution in [0.2, 0.25) is 0 Å². The number of anilines is 1. The van der Waals surface area contributed by atoms with Crippen LogP contribution in [0.3, 0.4) is 0 Å². The molecule has 0 aliphatic heterocycles. The van der Waals surface area contributed by atoms with E-state index in [0.29, 0.717) is 11.6 Å². The van der Waals surface area contributed by atoms with Crippen LogP contribution in [0.4, 0.5) is 5.69 Å². The molecule has 5 nitrogen and oxygen atoms in total. The van der Waals surface area contributed by atoms with Gasteiger partial charge in [0.2, 0.25) is 15.9 Å². The predicted octanol–water partition coefficient (Wildman–Crippen LogP) is 2.45. The van der Waals surface area contributed by atoms with Gasteiger partial charge in [0, 0.05) is 6.04 Å². The number of aryl methyl sites for hydroxylation is 1. The van der Waals surface area contributed by atoms with Crippen LogP contribution in [0.25, 0.3) is 0 Å². The Balaban J connectivity index is 1.77. The Labute approximate surface area is 144 Å². The standard InChI is InChI=1S/C18H26N2O3S/c1-12-4-8-16(9-5-12)20(24(3,22)23)13(2)18(21)19-17-11-14-6-7-15(17)10-14/h4-5,8-9,13-15,17H,6-7,10-11H2,1-3H3,(H,19,21)/t13-,14+,15+,17+/m1/s1. The van der Waals surface area contributed by atoms with E-state index in [2.05, 4.69) is 5.32 Å². The van der Waals surface area contributed by atoms with Crippen molar-refractivity contribution in [1.29, 1.82) is 0 Å². The third-order valence-electron chi connectivity index (χ3n) is 5.44. The van der Waals surface area contributed by atoms with E-state index >= 15 is 0 Å². The molecule has 24 heavy (non-hydrogen) atoms. The van der Waals surface area contributed by atoms with Crippen molar-refractivity contribution in [1.82, 2.24) is 5.32 Å². The lowest BCUT2D eigenvalue weighted by atomic mass is 9.95. The van der Waals surface area contributed by atoms with E-state index in [0.717, 1.165) is 24.2 Å². The number of hydrogen-bond acceptors (Lipinski definition) is 3. The van der Waals surface area contributed by atoms with Crippen LogP contribution in [-0.2, 0) is 14.8 Å². The minimum atomic E-state index is -3.55. The number of carbonyl (C=O) groups is 1. The first-order valence-corrected chi connectivity index (χ1v) is 10.5. The quantitative estimate of drug-likeness (QED) is 0.887. The Morgan fingerprint density at radius 2 is 1.88 bits per heavy atom. The maximum absolute atomic E-state index is 12.7. The van der Waals surface area contributed by atoms with Crippen LogP contribution >= 0.6 is 0 Å². The number of nitrogens with one attached hydrogen (secondary N) is 1. The average molecular weight is 350 g/mol. The number of fused-ring (bicyclic) bond motifs is 2. The highest BCUT2D eigenvalue weighted by molar-refractivity contribution is 7.92. The Kier molecular flexibility index (Phi) is 4.60. The van der Waals surface area contributed by atoms with Crippen molar-refractivity contribution in [2.75, 3.05) is 10.6 Å². The first-order valence-electron chi connectivity index (χ1n) is 8.62. The highest BCUT2D eigenvalue weighted by Gasteiger charge is 2.41. The molecule has 6 heteroatoms. The van der Waals surface area contributed by atoms with Gasteiger partial charge in [-0.25, -0.2) is 8.42 Å². The molecule has 132 valence electrons. The smallest absolute Gasteiger partial charge is 0.243 e. The van der Waals surface area contributed by atoms with Crippen molar-refractivity contribution in [3.8, 4) is 0 Å². The summed E-state index contributed by atoms with van der Waals surface area (Å²) in [6.45, 7) is 3.60. The molecular weight excluding hydrogens is 324 g/mol. The Hall–Kier alpha value is -1.56. The fourth-order valence-electron chi connectivity index (χ4n) is 4.23. The van der Waals surface area contributed by atoms with Crippen LogP contribution in [0.1, 0.15) is 38.2 Å². The molecular formula is C18H26N2O3S. The van der Waals surface area contributed by atoms with Crippen molar-refractivity contribution >= 4 is 21.6 Å². The predicted molar refractivity (Wildman–Crippen MR) is 95.3 cm³/mol. The normalized spacial score (nSPS) is 27.0. The van der Waals surface area contributed by atoms with Gasteiger partial charge in [0.15, 0.2) is 0 Å². The molecule has 0 saturated heterocycles. The summed E-state index contributed by atoms with van der Waals surface area (Å²) in [7, 11) is -3.55. The van der Waals surface area contributed by atoms with E-state index in [1.165, 1.54) is 23.6 Å². The topological polar surface area (TPSA) is 66.5 Å². The summed E-state index contributed by atoms with van der Waals surface area (Å²) >= 11 is 0. The van der Waals surface area contributed by atoms with Crippen molar-refractivity contribution < 1.29 is 13.2 Å². The summed E-state index contributed by atoms with van der Waals surface area (Å²) in [5.41, 5.74) is 1.57. The molecule has 1 aromatic rings. The largest absolute Gasteiger partial charge is 0.351 e. The minimum absolute atomic E-state index is 0.207. The van der Waals surface area contributed by atoms with E-state index in [1.807, 2.05) is 19.1 Å². The van der Waals surface area contributed by atoms with Gasteiger partial charge >= 0.3 is 0 Å². The zero-order chi connectivity index (χ0) is 17.5. The Morgan fingerprint density at radius 1 is 1.21 bits per heavy atom. The first-order chi connectivity index (χ1) is 11.3. The molecule has 2 aliphatic rings. The monoisotopic (exact) mass is 350 g/mol. The van der Waals surface area contributed by atoms with Gasteiger partial charge in [-0.05, 0) is 57.1 Å². The van der Waals surface area contributed by atoms with Crippen LogP contribution in [0, 0.1) is 18.8 Å². The van der Waals surface area contributed by atoms with Crippen LogP contribution in [0.15, 0.2) is 24.3 Å². The van der Waals surface area contributed by atoms with Gasteiger partial charge in [0.05, 0.1) is 11.9 Å². The second-order valence-corrected chi connectivity index (χ2v) is 9.22. The van der Waals surface area contributed by atoms with E-state index in [-0.39, 0.29) is 11.9 Å². The van der Waals surface area contributed by atoms with Crippen LogP contribution in [-0.4, -0.2) is 32.7 Å². The average Bonchev–Trinajstić information content (AvgIpc) is 3.10. The fraction of sp³-hybridized carbons (Fsp3) is 0.611. The zero-order valence-corrected chi connectivity index (χ0v) is 15.3. The van der Waals surface area contributed by atoms with Gasteiger partial charge in [-0.2, -0.15) is 0 Å². The minimum Gasteiger partial charge on any atom is -0.351 e. The Bertz CT molecular complexity index is 714. The highest BCUT2D eigenvalue weighted by Crippen LogP contribution is 2.44. The summed E-state index contributed by atoms with van der Waals surface area (Å²) < 4.78 is 25.8. The third-order valence-corrected chi connectivity index (χ3v) is 6.68. The second kappa shape index (κ2) is 6.39. The third kappa shape index (κ3) is 3.43. The molecule has 2 bridgehead atoms. The van der Waals surface area contributed by atoms with Crippen molar-refractivity contribution in [2.24, 2.45) is 11.8 Å². The molecule has 1 amide bonds. The van der Waals surface area contributed by atoms with Crippen molar-refractivity contribution in [2.45, 2.75) is 51.6 Å². The molecule has 0 radical (unpaired) electrons. The summed E-state index contributed by atoms with van der Waals surface area (Å²) in [6.07, 6.45) is 5.83. The van der Waals surface area contributed by atoms with Crippen LogP contribution < -0.4 is 9.62 Å². The molecule has 0 aromatic heterocycles. The summed E-state index contributed by atoms with van der Waals surface area (Å²) in [6, 6.07) is 6.65.